The van der Waals surface area contributed by atoms with E-state index in [1.807, 2.05) is 30.1 Å². The fourth-order valence-corrected chi connectivity index (χ4v) is 4.28. The second-order valence-electron chi connectivity index (χ2n) is 9.09. The molecule has 1 aliphatic rings. The summed E-state index contributed by atoms with van der Waals surface area (Å²) >= 11 is 0. The molecule has 184 valence electrons. The third kappa shape index (κ3) is 5.05. The molecule has 0 atom stereocenters. The Kier molecular flexibility index (Phi) is 6.37. The number of nitrogens with zero attached hydrogens (tertiary/aromatic N) is 4. The third-order valence-electron chi connectivity index (χ3n) is 6.21. The summed E-state index contributed by atoms with van der Waals surface area (Å²) in [5.74, 6) is -0.375. The minimum Gasteiger partial charge on any atom is -0.366 e. The Bertz CT molecular complexity index is 1420. The number of carbonyl (C=O) groups is 2. The van der Waals surface area contributed by atoms with Crippen molar-refractivity contribution in [3.05, 3.63) is 78.1 Å². The Labute approximate surface area is 208 Å². The van der Waals surface area contributed by atoms with Gasteiger partial charge in [-0.1, -0.05) is 12.1 Å². The maximum absolute atomic E-state index is 13.7. The number of hydrogen-bond acceptors (Lipinski definition) is 4. The van der Waals surface area contributed by atoms with Gasteiger partial charge in [0.15, 0.2) is 0 Å². The molecule has 0 spiro atoms. The van der Waals surface area contributed by atoms with E-state index in [0.29, 0.717) is 47.9 Å². The summed E-state index contributed by atoms with van der Waals surface area (Å²) in [6, 6.07) is 11.7. The normalized spacial score (nSPS) is 13.1. The van der Waals surface area contributed by atoms with Gasteiger partial charge in [0.05, 0.1) is 17.5 Å². The number of amides is 2. The summed E-state index contributed by atoms with van der Waals surface area (Å²) in [5, 5.41) is 7.28. The molecule has 0 radical (unpaired) electrons. The van der Waals surface area contributed by atoms with Crippen molar-refractivity contribution in [2.45, 2.75) is 38.1 Å². The highest BCUT2D eigenvalue weighted by Crippen LogP contribution is 2.36. The van der Waals surface area contributed by atoms with Crippen LogP contribution < -0.4 is 11.1 Å². The SMILES string of the molecule is Cn1cc(-c2cccc(C(N)=O)c2-c2nc(CCCC(=O)NC3CC3)cn2-c2ccc(F)cc2)cn1. The molecule has 36 heavy (non-hydrogen) atoms. The molecule has 0 unspecified atom stereocenters. The van der Waals surface area contributed by atoms with Gasteiger partial charge < -0.3 is 11.1 Å². The summed E-state index contributed by atoms with van der Waals surface area (Å²) in [7, 11) is 1.82. The summed E-state index contributed by atoms with van der Waals surface area (Å²) in [6.45, 7) is 0. The van der Waals surface area contributed by atoms with Gasteiger partial charge in [0.25, 0.3) is 0 Å². The Morgan fingerprint density at radius 2 is 1.92 bits per heavy atom. The molecule has 2 aromatic carbocycles. The molecule has 1 saturated carbocycles. The second kappa shape index (κ2) is 9.77. The van der Waals surface area contributed by atoms with Crippen LogP contribution in [-0.4, -0.2) is 37.2 Å². The molecule has 0 aliphatic heterocycles. The van der Waals surface area contributed by atoms with Gasteiger partial charge in [-0.25, -0.2) is 9.37 Å². The number of rotatable bonds is 9. The molecule has 2 aromatic heterocycles. The van der Waals surface area contributed by atoms with Crippen LogP contribution >= 0.6 is 0 Å². The van der Waals surface area contributed by atoms with E-state index in [9.17, 15) is 14.0 Å². The lowest BCUT2D eigenvalue weighted by atomic mass is 9.96. The van der Waals surface area contributed by atoms with Gasteiger partial charge >= 0.3 is 0 Å². The summed E-state index contributed by atoms with van der Waals surface area (Å²) in [5.41, 5.74) is 9.68. The number of carbonyl (C=O) groups excluding carboxylic acids is 2. The predicted molar refractivity (Wildman–Crippen MR) is 134 cm³/mol. The fraction of sp³-hybridized carbons (Fsp3) is 0.259. The van der Waals surface area contributed by atoms with Crippen molar-refractivity contribution in [1.82, 2.24) is 24.6 Å². The second-order valence-corrected chi connectivity index (χ2v) is 9.09. The van der Waals surface area contributed by atoms with Gasteiger partial charge in [-0.15, -0.1) is 0 Å². The van der Waals surface area contributed by atoms with Crippen molar-refractivity contribution in [3.8, 4) is 28.2 Å². The summed E-state index contributed by atoms with van der Waals surface area (Å²) in [4.78, 5) is 29.5. The molecule has 0 saturated heterocycles. The Hall–Kier alpha value is -4.27. The van der Waals surface area contributed by atoms with Gasteiger partial charge in [-0.2, -0.15) is 5.10 Å². The zero-order chi connectivity index (χ0) is 25.2. The smallest absolute Gasteiger partial charge is 0.249 e. The van der Waals surface area contributed by atoms with Crippen molar-refractivity contribution in [2.75, 3.05) is 0 Å². The zero-order valence-electron chi connectivity index (χ0n) is 19.9. The number of benzene rings is 2. The van der Waals surface area contributed by atoms with Gasteiger partial charge in [-0.05, 0) is 61.6 Å². The lowest BCUT2D eigenvalue weighted by Crippen LogP contribution is -2.25. The first-order chi connectivity index (χ1) is 17.4. The fourth-order valence-electron chi connectivity index (χ4n) is 4.28. The molecule has 2 amide bonds. The molecule has 4 aromatic rings. The molecule has 5 rings (SSSR count). The highest BCUT2D eigenvalue weighted by molar-refractivity contribution is 6.03. The first-order valence-electron chi connectivity index (χ1n) is 11.9. The Morgan fingerprint density at radius 1 is 1.14 bits per heavy atom. The van der Waals surface area contributed by atoms with Gasteiger partial charge in [0.1, 0.15) is 11.6 Å². The van der Waals surface area contributed by atoms with Crippen LogP contribution in [0.5, 0.6) is 0 Å². The maximum Gasteiger partial charge on any atom is 0.249 e. The first kappa shape index (κ1) is 23.5. The van der Waals surface area contributed by atoms with Crippen LogP contribution in [0.15, 0.2) is 61.1 Å². The molecule has 1 fully saturated rings. The van der Waals surface area contributed by atoms with Crippen molar-refractivity contribution in [1.29, 1.82) is 0 Å². The number of hydrogen-bond donors (Lipinski definition) is 2. The van der Waals surface area contributed by atoms with E-state index < -0.39 is 5.91 Å². The lowest BCUT2D eigenvalue weighted by molar-refractivity contribution is -0.121. The zero-order valence-corrected chi connectivity index (χ0v) is 19.9. The van der Waals surface area contributed by atoms with Crippen LogP contribution in [0.1, 0.15) is 41.7 Å². The minimum absolute atomic E-state index is 0.0497. The van der Waals surface area contributed by atoms with Crippen molar-refractivity contribution >= 4 is 11.8 Å². The maximum atomic E-state index is 13.7. The molecule has 9 heteroatoms. The number of imidazole rings is 1. The highest BCUT2D eigenvalue weighted by atomic mass is 19.1. The van der Waals surface area contributed by atoms with Crippen LogP contribution in [-0.2, 0) is 18.3 Å². The standard InChI is InChI=1S/C27H27FN6O2/c1-33-15-17(14-30-33)22-5-3-6-23(26(29)36)25(22)27-32-20(4-2-7-24(35)31-19-10-11-19)16-34(27)21-12-8-18(28)9-13-21/h3,5-6,8-9,12-16,19H,2,4,7,10-11H2,1H3,(H2,29,36)(H,31,35). The molecule has 0 bridgehead atoms. The van der Waals surface area contributed by atoms with Gasteiger partial charge in [0, 0.05) is 48.7 Å². The highest BCUT2D eigenvalue weighted by Gasteiger charge is 2.24. The molecule has 1 aliphatic carbocycles. The molecular weight excluding hydrogens is 459 g/mol. The third-order valence-corrected chi connectivity index (χ3v) is 6.21. The van der Waals surface area contributed by atoms with Crippen molar-refractivity contribution in [3.63, 3.8) is 0 Å². The van der Waals surface area contributed by atoms with E-state index in [1.54, 1.807) is 35.1 Å². The monoisotopic (exact) mass is 486 g/mol. The summed E-state index contributed by atoms with van der Waals surface area (Å²) < 4.78 is 17.2. The molecule has 3 N–H and O–H groups in total. The minimum atomic E-state index is -0.581. The van der Waals surface area contributed by atoms with Crippen molar-refractivity contribution < 1.29 is 14.0 Å². The molecular formula is C27H27FN6O2. The van der Waals surface area contributed by atoms with E-state index in [1.165, 1.54) is 12.1 Å². The van der Waals surface area contributed by atoms with E-state index >= 15 is 0 Å². The van der Waals surface area contributed by atoms with Gasteiger partial charge in [-0.3, -0.25) is 18.8 Å². The van der Waals surface area contributed by atoms with Crippen LogP contribution in [0.4, 0.5) is 4.39 Å². The van der Waals surface area contributed by atoms with Crippen LogP contribution in [0, 0.1) is 5.82 Å². The molecule has 2 heterocycles. The lowest BCUT2D eigenvalue weighted by Gasteiger charge is -2.14. The quantitative estimate of drug-likeness (QED) is 0.375. The number of halogens is 1. The predicted octanol–water partition coefficient (Wildman–Crippen LogP) is 3.78. The van der Waals surface area contributed by atoms with Crippen molar-refractivity contribution in [2.24, 2.45) is 12.8 Å². The van der Waals surface area contributed by atoms with E-state index in [0.717, 1.165) is 29.7 Å². The van der Waals surface area contributed by atoms with Gasteiger partial charge in [0.2, 0.25) is 11.8 Å². The van der Waals surface area contributed by atoms with E-state index in [-0.39, 0.29) is 11.7 Å². The van der Waals surface area contributed by atoms with Crippen LogP contribution in [0.25, 0.3) is 28.2 Å². The largest absolute Gasteiger partial charge is 0.366 e. The average molecular weight is 487 g/mol. The molecule has 8 nitrogen and oxygen atoms in total. The first-order valence-corrected chi connectivity index (χ1v) is 11.9. The van der Waals surface area contributed by atoms with E-state index in [4.69, 9.17) is 10.7 Å². The Balaban J connectivity index is 1.57. The van der Waals surface area contributed by atoms with E-state index in [2.05, 4.69) is 10.4 Å². The summed E-state index contributed by atoms with van der Waals surface area (Å²) in [6.07, 6.45) is 9.15. The average Bonchev–Trinajstić information content (AvgIpc) is 3.40. The van der Waals surface area contributed by atoms with Crippen LogP contribution in [0.2, 0.25) is 0 Å². The van der Waals surface area contributed by atoms with Crippen LogP contribution in [0.3, 0.4) is 0 Å². The topological polar surface area (TPSA) is 108 Å². The number of aryl methyl sites for hydroxylation is 2. The number of aromatic nitrogens is 4. The number of nitrogens with two attached hydrogens (primary N) is 1. The number of nitrogens with one attached hydrogen (secondary N) is 1. The Morgan fingerprint density at radius 3 is 2.58 bits per heavy atom. The number of primary amides is 1.